The van der Waals surface area contributed by atoms with Crippen LogP contribution in [-0.2, 0) is 28.6 Å². The van der Waals surface area contributed by atoms with Crippen LogP contribution in [0.4, 0.5) is 0 Å². The van der Waals surface area contributed by atoms with Gasteiger partial charge in [0.25, 0.3) is 0 Å². The van der Waals surface area contributed by atoms with Crippen LogP contribution in [0, 0.1) is 0 Å². The summed E-state index contributed by atoms with van der Waals surface area (Å²) in [5.41, 5.74) is 0. The molecule has 0 aromatic heterocycles. The van der Waals surface area contributed by atoms with Crippen LogP contribution in [0.3, 0.4) is 0 Å². The number of ether oxygens (including phenoxy) is 3. The van der Waals surface area contributed by atoms with Gasteiger partial charge >= 0.3 is 17.9 Å². The Balaban J connectivity index is 4.11. The zero-order valence-electron chi connectivity index (χ0n) is 53.9. The third-order valence-electron chi connectivity index (χ3n) is 16.8. The van der Waals surface area contributed by atoms with Gasteiger partial charge in [0.05, 0.1) is 0 Å². The summed E-state index contributed by atoms with van der Waals surface area (Å²) in [5.74, 6) is -0.841. The molecule has 0 saturated carbocycles. The Kier molecular flexibility index (Phi) is 67.0. The van der Waals surface area contributed by atoms with Gasteiger partial charge in [-0.15, -0.1) is 0 Å². The standard InChI is InChI=1S/C73H140O6/c1-4-7-10-13-16-19-22-25-28-29-30-31-32-33-34-35-36-37-38-39-40-41-42-43-46-48-51-54-57-60-63-66-72(75)78-69-70(79-73(76)67-64-61-58-55-52-49-45-27-24-21-18-15-12-9-6-3)68-77-71(74)65-62-59-56-53-50-47-44-26-23-20-17-14-11-8-5-2/h27,45,70H,4-26,28-44,46-69H2,1-3H3/b45-27-. The first kappa shape index (κ1) is 77.2. The predicted octanol–water partition coefficient (Wildman–Crippen LogP) is 24.8. The number of carbonyl (C=O) groups excluding carboxylic acids is 3. The van der Waals surface area contributed by atoms with E-state index in [9.17, 15) is 14.4 Å². The summed E-state index contributed by atoms with van der Waals surface area (Å²) in [6.07, 6.45) is 82.6. The Bertz CT molecular complexity index is 1230. The summed E-state index contributed by atoms with van der Waals surface area (Å²) >= 11 is 0. The van der Waals surface area contributed by atoms with Crippen LogP contribution in [-0.4, -0.2) is 37.2 Å². The molecule has 0 saturated heterocycles. The fourth-order valence-corrected chi connectivity index (χ4v) is 11.3. The maximum atomic E-state index is 12.9. The summed E-state index contributed by atoms with van der Waals surface area (Å²) in [5, 5.41) is 0. The maximum absolute atomic E-state index is 12.9. The normalized spacial score (nSPS) is 12.0. The second-order valence-electron chi connectivity index (χ2n) is 24.9. The third kappa shape index (κ3) is 66.8. The van der Waals surface area contributed by atoms with Crippen molar-refractivity contribution in [3.8, 4) is 0 Å². The van der Waals surface area contributed by atoms with E-state index < -0.39 is 6.10 Å². The summed E-state index contributed by atoms with van der Waals surface area (Å²) in [6.45, 7) is 6.72. The van der Waals surface area contributed by atoms with Gasteiger partial charge in [-0.3, -0.25) is 14.4 Å². The van der Waals surface area contributed by atoms with E-state index in [0.29, 0.717) is 19.3 Å². The average Bonchev–Trinajstić information content (AvgIpc) is 3.45. The first-order valence-electron chi connectivity index (χ1n) is 36.2. The van der Waals surface area contributed by atoms with Gasteiger partial charge in [0.1, 0.15) is 13.2 Å². The summed E-state index contributed by atoms with van der Waals surface area (Å²) in [6, 6.07) is 0. The molecule has 0 aliphatic carbocycles. The number of rotatable bonds is 68. The molecule has 0 aromatic carbocycles. The Labute approximate surface area is 494 Å². The van der Waals surface area contributed by atoms with Crippen LogP contribution < -0.4 is 0 Å². The minimum Gasteiger partial charge on any atom is -0.462 e. The quantitative estimate of drug-likeness (QED) is 0.0261. The monoisotopic (exact) mass is 1110 g/mol. The van der Waals surface area contributed by atoms with Crippen molar-refractivity contribution < 1.29 is 28.6 Å². The lowest BCUT2D eigenvalue weighted by Gasteiger charge is -2.18. The topological polar surface area (TPSA) is 78.9 Å². The second-order valence-corrected chi connectivity index (χ2v) is 24.9. The van der Waals surface area contributed by atoms with Crippen LogP contribution in [0.5, 0.6) is 0 Å². The molecule has 6 nitrogen and oxygen atoms in total. The predicted molar refractivity (Wildman–Crippen MR) is 344 cm³/mol. The Morgan fingerprint density at radius 1 is 0.241 bits per heavy atom. The molecular weight excluding hydrogens is 973 g/mol. The van der Waals surface area contributed by atoms with Crippen LogP contribution in [0.25, 0.3) is 0 Å². The van der Waals surface area contributed by atoms with Gasteiger partial charge in [-0.25, -0.2) is 0 Å². The molecule has 0 rings (SSSR count). The van der Waals surface area contributed by atoms with E-state index >= 15 is 0 Å². The largest absolute Gasteiger partial charge is 0.462 e. The molecule has 0 heterocycles. The number of carbonyl (C=O) groups is 3. The molecule has 0 bridgehead atoms. The van der Waals surface area contributed by atoms with Crippen LogP contribution in [0.1, 0.15) is 419 Å². The average molecular weight is 1110 g/mol. The molecule has 0 N–H and O–H groups in total. The van der Waals surface area contributed by atoms with Crippen molar-refractivity contribution in [1.82, 2.24) is 0 Å². The zero-order chi connectivity index (χ0) is 57.1. The van der Waals surface area contributed by atoms with Gasteiger partial charge in [0.2, 0.25) is 0 Å². The minimum absolute atomic E-state index is 0.0667. The first-order chi connectivity index (χ1) is 39.0. The molecule has 79 heavy (non-hydrogen) atoms. The Hall–Kier alpha value is -1.85. The zero-order valence-corrected chi connectivity index (χ0v) is 53.9. The molecule has 0 aromatic rings. The lowest BCUT2D eigenvalue weighted by molar-refractivity contribution is -0.167. The van der Waals surface area contributed by atoms with Crippen molar-refractivity contribution in [2.45, 2.75) is 425 Å². The van der Waals surface area contributed by atoms with Crippen LogP contribution in [0.2, 0.25) is 0 Å². The molecule has 0 amide bonds. The fraction of sp³-hybridized carbons (Fsp3) is 0.932. The van der Waals surface area contributed by atoms with E-state index in [1.165, 1.54) is 315 Å². The molecule has 1 unspecified atom stereocenters. The molecule has 1 atom stereocenters. The van der Waals surface area contributed by atoms with Crippen molar-refractivity contribution in [2.75, 3.05) is 13.2 Å². The lowest BCUT2D eigenvalue weighted by Crippen LogP contribution is -2.30. The van der Waals surface area contributed by atoms with Crippen molar-refractivity contribution in [2.24, 2.45) is 0 Å². The molecule has 0 aliphatic heterocycles. The van der Waals surface area contributed by atoms with Gasteiger partial charge in [-0.2, -0.15) is 0 Å². The molecule has 6 heteroatoms. The van der Waals surface area contributed by atoms with Gasteiger partial charge in [-0.1, -0.05) is 367 Å². The van der Waals surface area contributed by atoms with Crippen molar-refractivity contribution in [3.05, 3.63) is 12.2 Å². The maximum Gasteiger partial charge on any atom is 0.306 e. The minimum atomic E-state index is -0.770. The van der Waals surface area contributed by atoms with E-state index in [1.807, 2.05) is 0 Å². The van der Waals surface area contributed by atoms with E-state index in [2.05, 4.69) is 32.9 Å². The molecule has 0 radical (unpaired) electrons. The van der Waals surface area contributed by atoms with E-state index in [1.54, 1.807) is 0 Å². The number of esters is 3. The highest BCUT2D eigenvalue weighted by molar-refractivity contribution is 5.71. The fourth-order valence-electron chi connectivity index (χ4n) is 11.3. The number of hydrogen-bond donors (Lipinski definition) is 0. The van der Waals surface area contributed by atoms with Gasteiger partial charge < -0.3 is 14.2 Å². The SMILES string of the molecule is CCCCCCCC/C=C\CCCCCCCC(=O)OC(COC(=O)CCCCCCCCCCCCCCCCC)COC(=O)CCCCCCCCCCCCCCCCCCCCCCCCCCCCCCCCC. The van der Waals surface area contributed by atoms with E-state index in [4.69, 9.17) is 14.2 Å². The van der Waals surface area contributed by atoms with Crippen LogP contribution in [0.15, 0.2) is 12.2 Å². The number of unbranched alkanes of at least 4 members (excludes halogenated alkanes) is 55. The number of allylic oxidation sites excluding steroid dienone is 2. The van der Waals surface area contributed by atoms with Crippen LogP contribution >= 0.6 is 0 Å². The van der Waals surface area contributed by atoms with Gasteiger partial charge in [0.15, 0.2) is 6.10 Å². The number of hydrogen-bond acceptors (Lipinski definition) is 6. The second kappa shape index (κ2) is 68.6. The highest BCUT2D eigenvalue weighted by atomic mass is 16.6. The van der Waals surface area contributed by atoms with Gasteiger partial charge in [-0.05, 0) is 44.9 Å². The lowest BCUT2D eigenvalue weighted by atomic mass is 10.0. The molecule has 0 fully saturated rings. The summed E-state index contributed by atoms with van der Waals surface area (Å²) in [4.78, 5) is 38.4. The van der Waals surface area contributed by atoms with E-state index in [-0.39, 0.29) is 31.1 Å². The summed E-state index contributed by atoms with van der Waals surface area (Å²) < 4.78 is 17.0. The molecule has 0 aliphatic rings. The first-order valence-corrected chi connectivity index (χ1v) is 36.2. The summed E-state index contributed by atoms with van der Waals surface area (Å²) in [7, 11) is 0. The highest BCUT2D eigenvalue weighted by Crippen LogP contribution is 2.19. The Morgan fingerprint density at radius 2 is 0.418 bits per heavy atom. The highest BCUT2D eigenvalue weighted by Gasteiger charge is 2.19. The van der Waals surface area contributed by atoms with Crippen molar-refractivity contribution >= 4 is 17.9 Å². The molecule has 0 spiro atoms. The molecule has 468 valence electrons. The van der Waals surface area contributed by atoms with Crippen molar-refractivity contribution in [1.29, 1.82) is 0 Å². The van der Waals surface area contributed by atoms with Crippen molar-refractivity contribution in [3.63, 3.8) is 0 Å². The smallest absolute Gasteiger partial charge is 0.306 e. The van der Waals surface area contributed by atoms with E-state index in [0.717, 1.165) is 64.2 Å². The third-order valence-corrected chi connectivity index (χ3v) is 16.8. The Morgan fingerprint density at radius 3 is 0.633 bits per heavy atom. The molecular formula is C73H140O6. The van der Waals surface area contributed by atoms with Gasteiger partial charge in [0, 0.05) is 19.3 Å².